The highest BCUT2D eigenvalue weighted by atomic mass is 16.4. The molecule has 2 heterocycles. The van der Waals surface area contributed by atoms with Crippen LogP contribution in [0.15, 0.2) is 22.6 Å². The number of rotatable bonds is 5. The van der Waals surface area contributed by atoms with Crippen molar-refractivity contribution < 1.29 is 9.21 Å². The van der Waals surface area contributed by atoms with Crippen LogP contribution in [0.5, 0.6) is 0 Å². The van der Waals surface area contributed by atoms with Crippen molar-refractivity contribution in [2.24, 2.45) is 0 Å². The predicted octanol–water partition coefficient (Wildman–Crippen LogP) is 2.62. The Morgan fingerprint density at radius 2 is 2.00 bits per heavy atom. The van der Waals surface area contributed by atoms with Crippen LogP contribution >= 0.6 is 0 Å². The molecule has 0 fully saturated rings. The third-order valence-corrected chi connectivity index (χ3v) is 3.33. The summed E-state index contributed by atoms with van der Waals surface area (Å²) in [4.78, 5) is 13.9. The van der Waals surface area contributed by atoms with Gasteiger partial charge in [0.25, 0.3) is 5.91 Å². The maximum atomic E-state index is 12.2. The quantitative estimate of drug-likeness (QED) is 0.843. The van der Waals surface area contributed by atoms with Crippen molar-refractivity contribution in [1.82, 2.24) is 14.7 Å². The molecule has 0 aromatic carbocycles. The molecule has 20 heavy (non-hydrogen) atoms. The zero-order valence-electron chi connectivity index (χ0n) is 12.5. The summed E-state index contributed by atoms with van der Waals surface area (Å²) in [6, 6.07) is 5.60. The van der Waals surface area contributed by atoms with E-state index < -0.39 is 0 Å². The van der Waals surface area contributed by atoms with Crippen LogP contribution in [0.1, 0.15) is 41.6 Å². The van der Waals surface area contributed by atoms with E-state index in [0.717, 1.165) is 17.1 Å². The molecule has 0 bridgehead atoms. The molecule has 0 unspecified atom stereocenters. The highest BCUT2D eigenvalue weighted by Gasteiger charge is 2.17. The van der Waals surface area contributed by atoms with Gasteiger partial charge in [-0.3, -0.25) is 9.48 Å². The summed E-state index contributed by atoms with van der Waals surface area (Å²) in [6.45, 7) is 9.80. The van der Waals surface area contributed by atoms with E-state index in [0.29, 0.717) is 25.4 Å². The van der Waals surface area contributed by atoms with E-state index in [4.69, 9.17) is 4.42 Å². The van der Waals surface area contributed by atoms with E-state index >= 15 is 0 Å². The summed E-state index contributed by atoms with van der Waals surface area (Å²) >= 11 is 0. The lowest BCUT2D eigenvalue weighted by molar-refractivity contribution is 0.0739. The third kappa shape index (κ3) is 2.92. The SMILES string of the molecule is CCN(CC)C(=O)c1ccc(Cn2nc(C)cc2C)o1. The molecule has 0 saturated carbocycles. The first kappa shape index (κ1) is 14.4. The fourth-order valence-corrected chi connectivity index (χ4v) is 2.23. The third-order valence-electron chi connectivity index (χ3n) is 3.33. The van der Waals surface area contributed by atoms with E-state index in [1.807, 2.05) is 44.5 Å². The Labute approximate surface area is 119 Å². The summed E-state index contributed by atoms with van der Waals surface area (Å²) in [7, 11) is 0. The van der Waals surface area contributed by atoms with Gasteiger partial charge in [-0.15, -0.1) is 0 Å². The predicted molar refractivity (Wildman–Crippen MR) is 76.8 cm³/mol. The number of aryl methyl sites for hydroxylation is 2. The second kappa shape index (κ2) is 5.94. The molecular weight excluding hydrogens is 254 g/mol. The first-order chi connectivity index (χ1) is 9.55. The topological polar surface area (TPSA) is 51.3 Å². The first-order valence-corrected chi connectivity index (χ1v) is 6.94. The lowest BCUT2D eigenvalue weighted by atomic mass is 10.3. The van der Waals surface area contributed by atoms with Gasteiger partial charge in [-0.2, -0.15) is 5.10 Å². The van der Waals surface area contributed by atoms with Crippen LogP contribution < -0.4 is 0 Å². The number of carbonyl (C=O) groups excluding carboxylic acids is 1. The Morgan fingerprint density at radius 1 is 1.30 bits per heavy atom. The molecule has 0 radical (unpaired) electrons. The van der Waals surface area contributed by atoms with Gasteiger partial charge in [-0.05, 0) is 45.9 Å². The Balaban J connectivity index is 2.13. The zero-order chi connectivity index (χ0) is 14.7. The van der Waals surface area contributed by atoms with Crippen LogP contribution in [-0.2, 0) is 6.54 Å². The molecular formula is C15H21N3O2. The lowest BCUT2D eigenvalue weighted by Crippen LogP contribution is -2.30. The highest BCUT2D eigenvalue weighted by Crippen LogP contribution is 2.13. The fourth-order valence-electron chi connectivity index (χ4n) is 2.23. The summed E-state index contributed by atoms with van der Waals surface area (Å²) in [5, 5.41) is 4.39. The molecule has 108 valence electrons. The zero-order valence-corrected chi connectivity index (χ0v) is 12.5. The van der Waals surface area contributed by atoms with Gasteiger partial charge in [0.2, 0.25) is 0 Å². The molecule has 0 aliphatic rings. The molecule has 0 N–H and O–H groups in total. The number of nitrogens with zero attached hydrogens (tertiary/aromatic N) is 3. The minimum absolute atomic E-state index is 0.0605. The molecule has 5 heteroatoms. The first-order valence-electron chi connectivity index (χ1n) is 6.94. The Morgan fingerprint density at radius 3 is 2.55 bits per heavy atom. The Bertz CT molecular complexity index is 594. The van der Waals surface area contributed by atoms with Crippen molar-refractivity contribution in [3.05, 3.63) is 41.1 Å². The summed E-state index contributed by atoms with van der Waals surface area (Å²) in [5.41, 5.74) is 2.06. The smallest absolute Gasteiger partial charge is 0.289 e. The second-order valence-electron chi connectivity index (χ2n) is 4.83. The molecule has 2 aromatic rings. The van der Waals surface area contributed by atoms with E-state index in [1.54, 1.807) is 11.0 Å². The Hall–Kier alpha value is -2.04. The van der Waals surface area contributed by atoms with Crippen LogP contribution in [0.25, 0.3) is 0 Å². The van der Waals surface area contributed by atoms with Crippen molar-refractivity contribution in [2.75, 3.05) is 13.1 Å². The lowest BCUT2D eigenvalue weighted by Gasteiger charge is -2.16. The van der Waals surface area contributed by atoms with Gasteiger partial charge in [-0.25, -0.2) is 0 Å². The maximum Gasteiger partial charge on any atom is 0.289 e. The molecule has 0 atom stereocenters. The van der Waals surface area contributed by atoms with E-state index in [-0.39, 0.29) is 5.91 Å². The van der Waals surface area contributed by atoms with Gasteiger partial charge in [0.15, 0.2) is 5.76 Å². The second-order valence-corrected chi connectivity index (χ2v) is 4.83. The molecule has 1 amide bonds. The summed E-state index contributed by atoms with van der Waals surface area (Å²) in [5.74, 6) is 1.08. The van der Waals surface area contributed by atoms with Crippen molar-refractivity contribution in [2.45, 2.75) is 34.2 Å². The van der Waals surface area contributed by atoms with Crippen molar-refractivity contribution in [1.29, 1.82) is 0 Å². The molecule has 0 aliphatic heterocycles. The van der Waals surface area contributed by atoms with Gasteiger partial charge < -0.3 is 9.32 Å². The van der Waals surface area contributed by atoms with Gasteiger partial charge in [0.1, 0.15) is 5.76 Å². The standard InChI is InChI=1S/C15H21N3O2/c1-5-17(6-2)15(19)14-8-7-13(20-14)10-18-12(4)9-11(3)16-18/h7-9H,5-6,10H2,1-4H3. The van der Waals surface area contributed by atoms with Gasteiger partial charge in [0.05, 0.1) is 12.2 Å². The van der Waals surface area contributed by atoms with Crippen LogP contribution in [0, 0.1) is 13.8 Å². The van der Waals surface area contributed by atoms with Crippen LogP contribution in [0.3, 0.4) is 0 Å². The molecule has 0 spiro atoms. The van der Waals surface area contributed by atoms with E-state index in [2.05, 4.69) is 5.10 Å². The molecule has 5 nitrogen and oxygen atoms in total. The molecule has 2 rings (SSSR count). The van der Waals surface area contributed by atoms with Crippen molar-refractivity contribution >= 4 is 5.91 Å². The minimum Gasteiger partial charge on any atom is -0.454 e. The van der Waals surface area contributed by atoms with Gasteiger partial charge in [-0.1, -0.05) is 0 Å². The monoisotopic (exact) mass is 275 g/mol. The number of aromatic nitrogens is 2. The minimum atomic E-state index is -0.0605. The van der Waals surface area contributed by atoms with Gasteiger partial charge in [0, 0.05) is 18.8 Å². The van der Waals surface area contributed by atoms with Crippen molar-refractivity contribution in [3.8, 4) is 0 Å². The molecule has 0 aliphatic carbocycles. The largest absolute Gasteiger partial charge is 0.454 e. The van der Waals surface area contributed by atoms with E-state index in [1.165, 1.54) is 0 Å². The number of hydrogen-bond acceptors (Lipinski definition) is 3. The normalized spacial score (nSPS) is 10.8. The van der Waals surface area contributed by atoms with Crippen LogP contribution in [-0.4, -0.2) is 33.7 Å². The fraction of sp³-hybridized carbons (Fsp3) is 0.467. The van der Waals surface area contributed by atoms with Crippen LogP contribution in [0.2, 0.25) is 0 Å². The average molecular weight is 275 g/mol. The van der Waals surface area contributed by atoms with E-state index in [9.17, 15) is 4.79 Å². The van der Waals surface area contributed by atoms with Crippen molar-refractivity contribution in [3.63, 3.8) is 0 Å². The van der Waals surface area contributed by atoms with Crippen LogP contribution in [0.4, 0.5) is 0 Å². The highest BCUT2D eigenvalue weighted by molar-refractivity contribution is 5.91. The van der Waals surface area contributed by atoms with Gasteiger partial charge >= 0.3 is 0 Å². The molecule has 2 aromatic heterocycles. The molecule has 0 saturated heterocycles. The number of furan rings is 1. The number of hydrogen-bond donors (Lipinski definition) is 0. The maximum absolute atomic E-state index is 12.2. The summed E-state index contributed by atoms with van der Waals surface area (Å²) in [6.07, 6.45) is 0. The Kier molecular flexibility index (Phi) is 4.27. The average Bonchev–Trinajstić information content (AvgIpc) is 2.99. The summed E-state index contributed by atoms with van der Waals surface area (Å²) < 4.78 is 7.52. The number of amides is 1. The number of carbonyl (C=O) groups is 1.